The van der Waals surface area contributed by atoms with Gasteiger partial charge in [-0.1, -0.05) is 29.8 Å². The summed E-state index contributed by atoms with van der Waals surface area (Å²) in [7, 11) is 3.02. The molecule has 1 aromatic heterocycles. The van der Waals surface area contributed by atoms with Crippen LogP contribution in [0.1, 0.15) is 21.5 Å². The van der Waals surface area contributed by atoms with Crippen molar-refractivity contribution in [1.29, 1.82) is 0 Å². The molecule has 8 heteroatoms. The molecule has 2 rings (SSSR count). The minimum Gasteiger partial charge on any atom is -0.274 e. The van der Waals surface area contributed by atoms with E-state index in [1.165, 1.54) is 30.3 Å². The molecule has 2 aromatic rings. The van der Waals surface area contributed by atoms with E-state index in [1.54, 1.807) is 25.4 Å². The van der Waals surface area contributed by atoms with Crippen molar-refractivity contribution in [1.82, 2.24) is 15.0 Å². The number of carbonyl (C=O) groups excluding carboxylic acids is 1. The van der Waals surface area contributed by atoms with Crippen LogP contribution in [-0.2, 0) is 12.7 Å². The third kappa shape index (κ3) is 4.24. The summed E-state index contributed by atoms with van der Waals surface area (Å²) in [5, 5.41) is 2.98. The molecule has 0 aliphatic carbocycles. The summed E-state index contributed by atoms with van der Waals surface area (Å²) in [6.45, 7) is 0.292. The van der Waals surface area contributed by atoms with Crippen molar-refractivity contribution >= 4 is 17.5 Å². The molecule has 1 heterocycles. The summed E-state index contributed by atoms with van der Waals surface area (Å²) in [4.78, 5) is 16.4. The lowest BCUT2D eigenvalue weighted by molar-refractivity contribution is -0.138. The Hall–Kier alpha value is -2.12. The lowest BCUT2D eigenvalue weighted by Gasteiger charge is -2.29. The summed E-state index contributed by atoms with van der Waals surface area (Å²) < 4.78 is 39.2. The Balaban J connectivity index is 2.19. The maximum Gasteiger partial charge on any atom is 0.417 e. The highest BCUT2D eigenvalue weighted by molar-refractivity contribution is 6.29. The van der Waals surface area contributed by atoms with Crippen LogP contribution in [0.15, 0.2) is 42.6 Å². The van der Waals surface area contributed by atoms with E-state index in [-0.39, 0.29) is 0 Å². The van der Waals surface area contributed by atoms with Crippen LogP contribution in [0.25, 0.3) is 0 Å². The topological polar surface area (TPSA) is 36.4 Å². The van der Waals surface area contributed by atoms with Gasteiger partial charge in [0.2, 0.25) is 0 Å². The third-order valence-electron chi connectivity index (χ3n) is 3.47. The van der Waals surface area contributed by atoms with Gasteiger partial charge >= 0.3 is 6.18 Å². The van der Waals surface area contributed by atoms with Crippen LogP contribution in [-0.4, -0.2) is 35.0 Å². The molecule has 0 atom stereocenters. The molecule has 0 fully saturated rings. The molecule has 0 unspecified atom stereocenters. The third-order valence-corrected chi connectivity index (χ3v) is 3.69. The summed E-state index contributed by atoms with van der Waals surface area (Å²) in [6, 6.07) is 8.05. The standard InChI is InChI=1S/C16H15ClF3N3O/c1-22(10-11-7-8-14(17)21-9-11)23(2)15(24)12-5-3-4-6-13(12)16(18,19)20/h3-9H,10H2,1-2H3. The van der Waals surface area contributed by atoms with Gasteiger partial charge in [-0.2, -0.15) is 13.2 Å². The minimum absolute atomic E-state index is 0.292. The number of alkyl halides is 3. The molecule has 24 heavy (non-hydrogen) atoms. The second-order valence-corrected chi connectivity index (χ2v) is 5.56. The summed E-state index contributed by atoms with van der Waals surface area (Å²) in [5.74, 6) is -0.743. The van der Waals surface area contributed by atoms with Crippen LogP contribution < -0.4 is 0 Å². The molecule has 128 valence electrons. The Kier molecular flexibility index (Phi) is 5.46. The second-order valence-electron chi connectivity index (χ2n) is 5.18. The highest BCUT2D eigenvalue weighted by Gasteiger charge is 2.35. The Labute approximate surface area is 142 Å². The molecule has 1 aromatic carbocycles. The summed E-state index contributed by atoms with van der Waals surface area (Å²) in [5.41, 5.74) is -0.581. The zero-order valence-electron chi connectivity index (χ0n) is 13.0. The first-order valence-electron chi connectivity index (χ1n) is 6.96. The van der Waals surface area contributed by atoms with Crippen molar-refractivity contribution in [2.45, 2.75) is 12.7 Å². The Morgan fingerprint density at radius 3 is 2.42 bits per heavy atom. The number of hydrogen-bond acceptors (Lipinski definition) is 3. The average molecular weight is 358 g/mol. The van der Waals surface area contributed by atoms with E-state index in [4.69, 9.17) is 11.6 Å². The molecule has 0 aliphatic rings. The maximum absolute atomic E-state index is 13.1. The van der Waals surface area contributed by atoms with Crippen molar-refractivity contribution in [2.75, 3.05) is 14.1 Å². The molecule has 0 saturated heterocycles. The molecule has 1 amide bonds. The van der Waals surface area contributed by atoms with E-state index in [0.717, 1.165) is 16.6 Å². The van der Waals surface area contributed by atoms with E-state index in [2.05, 4.69) is 4.98 Å². The van der Waals surface area contributed by atoms with Gasteiger partial charge in [-0.15, -0.1) is 0 Å². The lowest BCUT2D eigenvalue weighted by atomic mass is 10.1. The van der Waals surface area contributed by atoms with Crippen LogP contribution in [0, 0.1) is 0 Å². The number of aromatic nitrogens is 1. The number of nitrogens with zero attached hydrogens (tertiary/aromatic N) is 3. The highest BCUT2D eigenvalue weighted by Crippen LogP contribution is 2.32. The van der Waals surface area contributed by atoms with Gasteiger partial charge < -0.3 is 0 Å². The zero-order valence-corrected chi connectivity index (χ0v) is 13.8. The van der Waals surface area contributed by atoms with Crippen LogP contribution in [0.2, 0.25) is 5.15 Å². The SMILES string of the molecule is CN(Cc1ccc(Cl)nc1)N(C)C(=O)c1ccccc1C(F)(F)F. The smallest absolute Gasteiger partial charge is 0.274 e. The van der Waals surface area contributed by atoms with Crippen molar-refractivity contribution in [3.05, 3.63) is 64.4 Å². The first-order valence-corrected chi connectivity index (χ1v) is 7.33. The van der Waals surface area contributed by atoms with Gasteiger partial charge in [0.1, 0.15) is 5.15 Å². The minimum atomic E-state index is -4.59. The Morgan fingerprint density at radius 1 is 1.17 bits per heavy atom. The van der Waals surface area contributed by atoms with Gasteiger partial charge in [-0.25, -0.2) is 9.99 Å². The normalized spacial score (nSPS) is 11.6. The Morgan fingerprint density at radius 2 is 1.83 bits per heavy atom. The first-order chi connectivity index (χ1) is 11.2. The summed E-state index contributed by atoms with van der Waals surface area (Å²) >= 11 is 5.71. The van der Waals surface area contributed by atoms with Gasteiger partial charge in [0.25, 0.3) is 5.91 Å². The molecule has 0 N–H and O–H groups in total. The van der Waals surface area contributed by atoms with Gasteiger partial charge in [0.05, 0.1) is 11.1 Å². The van der Waals surface area contributed by atoms with Gasteiger partial charge in [-0.05, 0) is 23.8 Å². The zero-order chi connectivity index (χ0) is 17.9. The van der Waals surface area contributed by atoms with Gasteiger partial charge in [0, 0.05) is 26.8 Å². The predicted octanol–water partition coefficient (Wildman–Crippen LogP) is 3.87. The monoisotopic (exact) mass is 357 g/mol. The van der Waals surface area contributed by atoms with E-state index < -0.39 is 23.2 Å². The largest absolute Gasteiger partial charge is 0.417 e. The van der Waals surface area contributed by atoms with Crippen molar-refractivity contribution in [2.24, 2.45) is 0 Å². The second kappa shape index (κ2) is 7.19. The van der Waals surface area contributed by atoms with E-state index in [0.29, 0.717) is 11.7 Å². The number of benzene rings is 1. The number of halogens is 4. The van der Waals surface area contributed by atoms with Crippen LogP contribution >= 0.6 is 11.6 Å². The van der Waals surface area contributed by atoms with Crippen molar-refractivity contribution in [3.63, 3.8) is 0 Å². The highest BCUT2D eigenvalue weighted by atomic mass is 35.5. The van der Waals surface area contributed by atoms with E-state index in [9.17, 15) is 18.0 Å². The molecule has 4 nitrogen and oxygen atoms in total. The maximum atomic E-state index is 13.1. The predicted molar refractivity (Wildman–Crippen MR) is 84.3 cm³/mol. The fourth-order valence-corrected chi connectivity index (χ4v) is 2.23. The number of hydrazine groups is 1. The summed E-state index contributed by atoms with van der Waals surface area (Å²) in [6.07, 6.45) is -3.05. The molecule has 0 aliphatic heterocycles. The molecular weight excluding hydrogens is 343 g/mol. The number of hydrogen-bond donors (Lipinski definition) is 0. The van der Waals surface area contributed by atoms with Crippen LogP contribution in [0.3, 0.4) is 0 Å². The quantitative estimate of drug-likeness (QED) is 0.615. The molecule has 0 radical (unpaired) electrons. The number of amides is 1. The lowest BCUT2D eigenvalue weighted by Crippen LogP contribution is -2.41. The van der Waals surface area contributed by atoms with Crippen molar-refractivity contribution < 1.29 is 18.0 Å². The number of rotatable bonds is 4. The molecule has 0 spiro atoms. The van der Waals surface area contributed by atoms with Gasteiger partial charge in [0.15, 0.2) is 0 Å². The Bertz CT molecular complexity index is 719. The molecule has 0 bridgehead atoms. The van der Waals surface area contributed by atoms with Crippen molar-refractivity contribution in [3.8, 4) is 0 Å². The van der Waals surface area contributed by atoms with Crippen LogP contribution in [0.4, 0.5) is 13.2 Å². The van der Waals surface area contributed by atoms with Crippen LogP contribution in [0.5, 0.6) is 0 Å². The fourth-order valence-electron chi connectivity index (χ4n) is 2.12. The molecular formula is C16H15ClF3N3O. The first kappa shape index (κ1) is 18.2. The average Bonchev–Trinajstić information content (AvgIpc) is 2.54. The number of carbonyl (C=O) groups is 1. The fraction of sp³-hybridized carbons (Fsp3) is 0.250. The van der Waals surface area contributed by atoms with E-state index in [1.807, 2.05) is 0 Å². The van der Waals surface area contributed by atoms with Gasteiger partial charge in [-0.3, -0.25) is 9.80 Å². The number of pyridine rings is 1. The van der Waals surface area contributed by atoms with E-state index >= 15 is 0 Å². The molecule has 0 saturated carbocycles.